The van der Waals surface area contributed by atoms with E-state index in [9.17, 15) is 13.6 Å². The Morgan fingerprint density at radius 3 is 2.59 bits per heavy atom. The third-order valence-electron chi connectivity index (χ3n) is 4.15. The molecule has 0 unspecified atom stereocenters. The van der Waals surface area contributed by atoms with Gasteiger partial charge in [-0.2, -0.15) is 8.78 Å². The third-order valence-corrected chi connectivity index (χ3v) is 4.62. The predicted molar refractivity (Wildman–Crippen MR) is 102 cm³/mol. The molecule has 27 heavy (non-hydrogen) atoms. The Morgan fingerprint density at radius 1 is 1.19 bits per heavy atom. The number of halogens is 3. The number of benzene rings is 1. The summed E-state index contributed by atoms with van der Waals surface area (Å²) in [5.41, 5.74) is 0.237. The molecule has 1 aromatic heterocycles. The Bertz CT molecular complexity index is 768. The van der Waals surface area contributed by atoms with E-state index in [1.807, 2.05) is 17.0 Å². The molecule has 0 bridgehead atoms. The first-order chi connectivity index (χ1) is 13.0. The molecule has 0 atom stereocenters. The standard InChI is InChI=1S/C18H19BrF2N4O2/c19-13-5-6-16(22-11-13)25-9-7-24(8-10-25)12-17(26)23-14-3-1-2-4-15(14)27-18(20)21/h1-6,11,18H,7-10,12H2,(H,23,26). The topological polar surface area (TPSA) is 57.7 Å². The van der Waals surface area contributed by atoms with Crippen molar-refractivity contribution in [3.05, 3.63) is 47.1 Å². The second kappa shape index (κ2) is 9.09. The van der Waals surface area contributed by atoms with Gasteiger partial charge in [-0.25, -0.2) is 4.98 Å². The molecule has 9 heteroatoms. The number of nitrogens with one attached hydrogen (secondary N) is 1. The molecular formula is C18H19BrF2N4O2. The van der Waals surface area contributed by atoms with Crippen molar-refractivity contribution in [2.24, 2.45) is 0 Å². The first-order valence-corrected chi connectivity index (χ1v) is 9.23. The number of amides is 1. The van der Waals surface area contributed by atoms with Gasteiger partial charge in [0.15, 0.2) is 0 Å². The molecule has 1 amide bonds. The van der Waals surface area contributed by atoms with Crippen molar-refractivity contribution < 1.29 is 18.3 Å². The molecule has 2 heterocycles. The van der Waals surface area contributed by atoms with Gasteiger partial charge in [0.25, 0.3) is 0 Å². The Balaban J connectivity index is 1.51. The normalized spacial score (nSPS) is 15.0. The molecule has 1 aliphatic heterocycles. The fraction of sp³-hybridized carbons (Fsp3) is 0.333. The molecule has 1 aliphatic rings. The van der Waals surface area contributed by atoms with Crippen LogP contribution < -0.4 is 15.0 Å². The quantitative estimate of drug-likeness (QED) is 0.747. The maximum absolute atomic E-state index is 12.5. The van der Waals surface area contributed by atoms with Crippen LogP contribution in [0.2, 0.25) is 0 Å². The SMILES string of the molecule is O=C(CN1CCN(c2ccc(Br)cn2)CC1)Nc1ccccc1OC(F)F. The monoisotopic (exact) mass is 440 g/mol. The maximum Gasteiger partial charge on any atom is 0.387 e. The third kappa shape index (κ3) is 5.61. The smallest absolute Gasteiger partial charge is 0.387 e. The number of para-hydroxylation sites is 2. The molecule has 3 rings (SSSR count). The Hall–Kier alpha value is -2.26. The van der Waals surface area contributed by atoms with Gasteiger partial charge >= 0.3 is 6.61 Å². The van der Waals surface area contributed by atoms with Crippen LogP contribution >= 0.6 is 15.9 Å². The number of piperazine rings is 1. The van der Waals surface area contributed by atoms with E-state index >= 15 is 0 Å². The Kier molecular flexibility index (Phi) is 6.57. The van der Waals surface area contributed by atoms with Gasteiger partial charge in [-0.05, 0) is 40.2 Å². The van der Waals surface area contributed by atoms with E-state index < -0.39 is 6.61 Å². The van der Waals surface area contributed by atoms with Gasteiger partial charge in [-0.15, -0.1) is 0 Å². The molecule has 1 aromatic carbocycles. The summed E-state index contributed by atoms with van der Waals surface area (Å²) in [6, 6.07) is 10.0. The summed E-state index contributed by atoms with van der Waals surface area (Å²) in [5.74, 6) is 0.586. The summed E-state index contributed by atoms with van der Waals surface area (Å²) in [5, 5.41) is 2.64. The average molecular weight is 441 g/mol. The zero-order valence-electron chi connectivity index (χ0n) is 14.4. The van der Waals surface area contributed by atoms with Gasteiger partial charge in [0, 0.05) is 36.8 Å². The van der Waals surface area contributed by atoms with Crippen molar-refractivity contribution in [2.45, 2.75) is 6.61 Å². The first kappa shape index (κ1) is 19.5. The van der Waals surface area contributed by atoms with Gasteiger partial charge in [0.2, 0.25) is 5.91 Å². The molecular weight excluding hydrogens is 422 g/mol. The maximum atomic E-state index is 12.5. The van der Waals surface area contributed by atoms with Crippen molar-refractivity contribution in [1.29, 1.82) is 0 Å². The van der Waals surface area contributed by atoms with Crippen LogP contribution in [0.3, 0.4) is 0 Å². The predicted octanol–water partition coefficient (Wildman–Crippen LogP) is 3.21. The number of carbonyl (C=O) groups is 1. The second-order valence-corrected chi connectivity index (χ2v) is 6.94. The van der Waals surface area contributed by atoms with Crippen LogP contribution in [0, 0.1) is 0 Å². The number of alkyl halides is 2. The van der Waals surface area contributed by atoms with Gasteiger partial charge in [0.05, 0.1) is 12.2 Å². The van der Waals surface area contributed by atoms with Crippen LogP contribution in [0.15, 0.2) is 47.1 Å². The van der Waals surface area contributed by atoms with E-state index in [1.165, 1.54) is 12.1 Å². The Labute approximate surface area is 164 Å². The fourth-order valence-corrected chi connectivity index (χ4v) is 3.09. The van der Waals surface area contributed by atoms with Gasteiger partial charge in [-0.3, -0.25) is 9.69 Å². The number of hydrogen-bond acceptors (Lipinski definition) is 5. The van der Waals surface area contributed by atoms with Gasteiger partial charge in [0.1, 0.15) is 11.6 Å². The molecule has 1 N–H and O–H groups in total. The lowest BCUT2D eigenvalue weighted by atomic mass is 10.2. The highest BCUT2D eigenvalue weighted by Gasteiger charge is 2.20. The molecule has 0 saturated carbocycles. The van der Waals surface area contributed by atoms with Crippen LogP contribution in [0.5, 0.6) is 5.75 Å². The highest BCUT2D eigenvalue weighted by atomic mass is 79.9. The molecule has 1 fully saturated rings. The molecule has 6 nitrogen and oxygen atoms in total. The van der Waals surface area contributed by atoms with Crippen molar-refractivity contribution in [1.82, 2.24) is 9.88 Å². The lowest BCUT2D eigenvalue weighted by Gasteiger charge is -2.35. The summed E-state index contributed by atoms with van der Waals surface area (Å²) in [6.07, 6.45) is 1.76. The Morgan fingerprint density at radius 2 is 1.93 bits per heavy atom. The molecule has 0 spiro atoms. The number of ether oxygens (including phenoxy) is 1. The van der Waals surface area contributed by atoms with E-state index in [-0.39, 0.29) is 23.9 Å². The largest absolute Gasteiger partial charge is 0.433 e. The molecule has 0 aliphatic carbocycles. The van der Waals surface area contributed by atoms with E-state index in [0.29, 0.717) is 13.1 Å². The minimum absolute atomic E-state index is 0.0491. The van der Waals surface area contributed by atoms with E-state index in [0.717, 1.165) is 23.4 Å². The summed E-state index contributed by atoms with van der Waals surface area (Å²) in [6.45, 7) is 0.175. The first-order valence-electron chi connectivity index (χ1n) is 8.44. The second-order valence-electron chi connectivity index (χ2n) is 6.02. The van der Waals surface area contributed by atoms with Crippen LogP contribution in [0.25, 0.3) is 0 Å². The minimum atomic E-state index is -2.94. The zero-order chi connectivity index (χ0) is 19.2. The summed E-state index contributed by atoms with van der Waals surface area (Å²) >= 11 is 3.37. The number of anilines is 2. The molecule has 2 aromatic rings. The van der Waals surface area contributed by atoms with E-state index in [1.54, 1.807) is 18.3 Å². The number of hydrogen-bond donors (Lipinski definition) is 1. The van der Waals surface area contributed by atoms with Crippen LogP contribution in [0.1, 0.15) is 0 Å². The highest BCUT2D eigenvalue weighted by Crippen LogP contribution is 2.25. The van der Waals surface area contributed by atoms with Crippen molar-refractivity contribution in [3.8, 4) is 5.75 Å². The van der Waals surface area contributed by atoms with Gasteiger partial charge < -0.3 is 15.0 Å². The molecule has 1 saturated heterocycles. The van der Waals surface area contributed by atoms with Crippen LogP contribution in [0.4, 0.5) is 20.3 Å². The molecule has 144 valence electrons. The van der Waals surface area contributed by atoms with Crippen molar-refractivity contribution >= 4 is 33.3 Å². The zero-order valence-corrected chi connectivity index (χ0v) is 16.0. The number of carbonyl (C=O) groups excluding carboxylic acids is 1. The van der Waals surface area contributed by atoms with Crippen molar-refractivity contribution in [2.75, 3.05) is 42.9 Å². The lowest BCUT2D eigenvalue weighted by Crippen LogP contribution is -2.48. The lowest BCUT2D eigenvalue weighted by molar-refractivity contribution is -0.117. The number of aromatic nitrogens is 1. The van der Waals surface area contributed by atoms with E-state index in [2.05, 4.69) is 35.9 Å². The fourth-order valence-electron chi connectivity index (χ4n) is 2.85. The number of rotatable bonds is 6. The molecule has 0 radical (unpaired) electrons. The summed E-state index contributed by atoms with van der Waals surface area (Å²) in [4.78, 5) is 20.8. The minimum Gasteiger partial charge on any atom is -0.433 e. The number of nitrogens with zero attached hydrogens (tertiary/aromatic N) is 3. The summed E-state index contributed by atoms with van der Waals surface area (Å²) in [7, 11) is 0. The van der Waals surface area contributed by atoms with Gasteiger partial charge in [-0.1, -0.05) is 12.1 Å². The van der Waals surface area contributed by atoms with E-state index in [4.69, 9.17) is 0 Å². The summed E-state index contributed by atoms with van der Waals surface area (Å²) < 4.78 is 30.3. The average Bonchev–Trinajstić information content (AvgIpc) is 2.64. The van der Waals surface area contributed by atoms with Crippen molar-refractivity contribution in [3.63, 3.8) is 0 Å². The highest BCUT2D eigenvalue weighted by molar-refractivity contribution is 9.10. The number of pyridine rings is 1. The van der Waals surface area contributed by atoms with Crippen LogP contribution in [-0.2, 0) is 4.79 Å². The van der Waals surface area contributed by atoms with Crippen LogP contribution in [-0.4, -0.2) is 55.1 Å².